The van der Waals surface area contributed by atoms with Crippen molar-refractivity contribution in [3.63, 3.8) is 0 Å². The molecule has 72 valence electrons. The number of hydrogen-bond acceptors (Lipinski definition) is 3. The third-order valence-corrected chi connectivity index (χ3v) is 4.21. The average Bonchev–Trinajstić information content (AvgIpc) is 2.67. The number of hydrogen-bond donors (Lipinski definition) is 1. The Hall–Kier alpha value is -0.130. The van der Waals surface area contributed by atoms with Crippen LogP contribution in [0.1, 0.15) is 25.7 Å². The molecule has 0 aromatic heterocycles. The molecule has 0 heterocycles. The molecule has 0 aliphatic heterocycles. The van der Waals surface area contributed by atoms with Gasteiger partial charge in [-0.15, -0.1) is 0 Å². The van der Waals surface area contributed by atoms with Crippen molar-refractivity contribution >= 4 is 10.0 Å². The van der Waals surface area contributed by atoms with E-state index in [2.05, 4.69) is 0 Å². The molecule has 4 nitrogen and oxygen atoms in total. The Morgan fingerprint density at radius 3 is 2.42 bits per heavy atom. The van der Waals surface area contributed by atoms with Gasteiger partial charge in [0, 0.05) is 13.7 Å². The van der Waals surface area contributed by atoms with Crippen LogP contribution in [0.25, 0.3) is 0 Å². The first-order valence-electron chi connectivity index (χ1n) is 4.03. The third-order valence-electron chi connectivity index (χ3n) is 2.39. The molecule has 1 aliphatic carbocycles. The Morgan fingerprint density at radius 2 is 2.08 bits per heavy atom. The van der Waals surface area contributed by atoms with Crippen LogP contribution in [0.5, 0.6) is 0 Å². The lowest BCUT2D eigenvalue weighted by molar-refractivity contribution is 0.192. The highest BCUT2D eigenvalue weighted by molar-refractivity contribution is 7.90. The second kappa shape index (κ2) is 3.32. The molecule has 0 saturated heterocycles. The van der Waals surface area contributed by atoms with Gasteiger partial charge in [0.25, 0.3) is 0 Å². The summed E-state index contributed by atoms with van der Waals surface area (Å²) in [7, 11) is -1.72. The lowest BCUT2D eigenvalue weighted by Gasteiger charge is -2.11. The van der Waals surface area contributed by atoms with Crippen molar-refractivity contribution in [1.82, 2.24) is 0 Å². The lowest BCUT2D eigenvalue weighted by Crippen LogP contribution is -2.30. The van der Waals surface area contributed by atoms with Gasteiger partial charge in [-0.25, -0.2) is 13.6 Å². The number of nitrogens with two attached hydrogens (primary N) is 1. The molecule has 1 aliphatic rings. The Kier molecular flexibility index (Phi) is 2.75. The Morgan fingerprint density at radius 1 is 1.50 bits per heavy atom. The maximum atomic E-state index is 11.0. The first-order valence-corrected chi connectivity index (χ1v) is 5.58. The van der Waals surface area contributed by atoms with Crippen LogP contribution in [0.2, 0.25) is 0 Å². The van der Waals surface area contributed by atoms with Crippen molar-refractivity contribution in [3.05, 3.63) is 0 Å². The van der Waals surface area contributed by atoms with Crippen molar-refractivity contribution in [2.45, 2.75) is 30.4 Å². The molecule has 1 rings (SSSR count). The van der Waals surface area contributed by atoms with E-state index in [0.717, 1.165) is 19.3 Å². The monoisotopic (exact) mass is 193 g/mol. The van der Waals surface area contributed by atoms with Gasteiger partial charge >= 0.3 is 0 Å². The van der Waals surface area contributed by atoms with Crippen LogP contribution in [0, 0.1) is 0 Å². The van der Waals surface area contributed by atoms with E-state index in [-0.39, 0.29) is 0 Å². The van der Waals surface area contributed by atoms with Crippen molar-refractivity contribution in [3.8, 4) is 0 Å². The molecule has 1 fully saturated rings. The summed E-state index contributed by atoms with van der Waals surface area (Å²) in [5, 5.41) is 5.09. The minimum Gasteiger partial charge on any atom is -0.385 e. The normalized spacial score (nSPS) is 20.8. The van der Waals surface area contributed by atoms with Crippen LogP contribution in [0.4, 0.5) is 0 Å². The van der Waals surface area contributed by atoms with Crippen LogP contribution in [0.15, 0.2) is 0 Å². The van der Waals surface area contributed by atoms with Crippen LogP contribution in [-0.2, 0) is 14.8 Å². The predicted molar refractivity (Wildman–Crippen MR) is 46.2 cm³/mol. The van der Waals surface area contributed by atoms with Gasteiger partial charge in [-0.1, -0.05) is 0 Å². The van der Waals surface area contributed by atoms with Crippen molar-refractivity contribution in [2.24, 2.45) is 5.14 Å². The van der Waals surface area contributed by atoms with E-state index in [4.69, 9.17) is 9.88 Å². The van der Waals surface area contributed by atoms with Crippen molar-refractivity contribution in [1.29, 1.82) is 0 Å². The molecular weight excluding hydrogens is 178 g/mol. The predicted octanol–water partition coefficient (Wildman–Crippen LogP) is 0.234. The van der Waals surface area contributed by atoms with E-state index in [9.17, 15) is 8.42 Å². The summed E-state index contributed by atoms with van der Waals surface area (Å²) in [5.74, 6) is 0. The van der Waals surface area contributed by atoms with Gasteiger partial charge in [-0.2, -0.15) is 0 Å². The Balaban J connectivity index is 2.41. The molecule has 0 aromatic rings. The van der Waals surface area contributed by atoms with Crippen LogP contribution < -0.4 is 5.14 Å². The standard InChI is InChI=1S/C7H15NO3S/c1-11-6-2-3-7(4-5-7)12(8,9)10/h2-6H2,1H3,(H2,8,9,10). The fraction of sp³-hybridized carbons (Fsp3) is 1.00. The number of primary sulfonamides is 1. The minimum atomic E-state index is -3.33. The highest BCUT2D eigenvalue weighted by Gasteiger charge is 2.51. The van der Waals surface area contributed by atoms with E-state index < -0.39 is 14.8 Å². The van der Waals surface area contributed by atoms with E-state index in [1.165, 1.54) is 0 Å². The van der Waals surface area contributed by atoms with Crippen LogP contribution in [0.3, 0.4) is 0 Å². The van der Waals surface area contributed by atoms with Gasteiger partial charge in [0.1, 0.15) is 0 Å². The van der Waals surface area contributed by atoms with Crippen molar-refractivity contribution in [2.75, 3.05) is 13.7 Å². The maximum Gasteiger partial charge on any atom is 0.214 e. The van der Waals surface area contributed by atoms with Gasteiger partial charge in [0.05, 0.1) is 4.75 Å². The molecule has 0 amide bonds. The van der Waals surface area contributed by atoms with Gasteiger partial charge in [-0.3, -0.25) is 0 Å². The molecule has 0 aromatic carbocycles. The first kappa shape index (κ1) is 9.95. The second-order valence-electron chi connectivity index (χ2n) is 3.32. The Labute approximate surface area is 73.1 Å². The van der Waals surface area contributed by atoms with Gasteiger partial charge < -0.3 is 4.74 Å². The summed E-state index contributed by atoms with van der Waals surface area (Å²) in [6.07, 6.45) is 2.84. The fourth-order valence-corrected chi connectivity index (χ4v) is 2.45. The van der Waals surface area contributed by atoms with E-state index in [0.29, 0.717) is 13.0 Å². The van der Waals surface area contributed by atoms with Gasteiger partial charge in [0.2, 0.25) is 10.0 Å². The quantitative estimate of drug-likeness (QED) is 0.636. The van der Waals surface area contributed by atoms with E-state index in [1.54, 1.807) is 7.11 Å². The number of rotatable bonds is 5. The van der Waals surface area contributed by atoms with Gasteiger partial charge in [0.15, 0.2) is 0 Å². The zero-order valence-electron chi connectivity index (χ0n) is 7.25. The summed E-state index contributed by atoms with van der Waals surface area (Å²) >= 11 is 0. The summed E-state index contributed by atoms with van der Waals surface area (Å²) in [6, 6.07) is 0. The smallest absolute Gasteiger partial charge is 0.214 e. The number of sulfonamides is 1. The second-order valence-corrected chi connectivity index (χ2v) is 5.28. The van der Waals surface area contributed by atoms with Crippen LogP contribution in [-0.4, -0.2) is 26.9 Å². The first-order chi connectivity index (χ1) is 5.52. The molecule has 5 heteroatoms. The molecular formula is C7H15NO3S. The molecule has 0 atom stereocenters. The molecule has 0 bridgehead atoms. The molecule has 2 N–H and O–H groups in total. The molecule has 0 spiro atoms. The topological polar surface area (TPSA) is 69.4 Å². The summed E-state index contributed by atoms with van der Waals surface area (Å²) in [5.41, 5.74) is 0. The maximum absolute atomic E-state index is 11.0. The summed E-state index contributed by atoms with van der Waals surface area (Å²) in [6.45, 7) is 0.608. The van der Waals surface area contributed by atoms with Crippen molar-refractivity contribution < 1.29 is 13.2 Å². The van der Waals surface area contributed by atoms with Crippen LogP contribution >= 0.6 is 0 Å². The SMILES string of the molecule is COCCCC1(S(N)(=O)=O)CC1. The highest BCUT2D eigenvalue weighted by Crippen LogP contribution is 2.45. The number of methoxy groups -OCH3 is 1. The third kappa shape index (κ3) is 1.97. The fourth-order valence-electron chi connectivity index (χ4n) is 1.35. The highest BCUT2D eigenvalue weighted by atomic mass is 32.2. The van der Waals surface area contributed by atoms with Gasteiger partial charge in [-0.05, 0) is 25.7 Å². The van der Waals surface area contributed by atoms with E-state index >= 15 is 0 Å². The molecule has 0 radical (unpaired) electrons. The zero-order chi connectivity index (χ0) is 9.24. The molecule has 0 unspecified atom stereocenters. The summed E-state index contributed by atoms with van der Waals surface area (Å²) < 4.78 is 26.3. The zero-order valence-corrected chi connectivity index (χ0v) is 8.06. The summed E-state index contributed by atoms with van der Waals surface area (Å²) in [4.78, 5) is 0. The average molecular weight is 193 g/mol. The Bertz CT molecular complexity index is 243. The largest absolute Gasteiger partial charge is 0.385 e. The lowest BCUT2D eigenvalue weighted by atomic mass is 10.2. The molecule has 1 saturated carbocycles. The number of ether oxygens (including phenoxy) is 1. The minimum absolute atomic E-state index is 0.592. The van der Waals surface area contributed by atoms with E-state index in [1.807, 2.05) is 0 Å². The molecule has 12 heavy (non-hydrogen) atoms.